The number of amides is 1. The van der Waals surface area contributed by atoms with Gasteiger partial charge in [-0.15, -0.1) is 0 Å². The van der Waals surface area contributed by atoms with Crippen molar-refractivity contribution in [1.82, 2.24) is 9.80 Å². The zero-order valence-electron chi connectivity index (χ0n) is 14.1. The maximum Gasteiger partial charge on any atom is 0.323 e. The minimum Gasteiger partial charge on any atom is -0.480 e. The summed E-state index contributed by atoms with van der Waals surface area (Å²) < 4.78 is 0. The van der Waals surface area contributed by atoms with Crippen LogP contribution in [0.4, 0.5) is 0 Å². The monoisotopic (exact) mass is 298 g/mol. The SMILES string of the molecule is CC(C)CN(CC(C)C)C(=O)CN1CCCC1(C)C(=O)O. The molecule has 1 unspecified atom stereocenters. The van der Waals surface area contributed by atoms with Gasteiger partial charge in [0.25, 0.3) is 0 Å². The lowest BCUT2D eigenvalue weighted by Gasteiger charge is -2.33. The van der Waals surface area contributed by atoms with E-state index in [1.165, 1.54) is 0 Å². The van der Waals surface area contributed by atoms with Crippen LogP contribution in [0.2, 0.25) is 0 Å². The molecule has 1 atom stereocenters. The first kappa shape index (κ1) is 18.0. The van der Waals surface area contributed by atoms with Gasteiger partial charge in [-0.2, -0.15) is 0 Å². The molecule has 0 aromatic rings. The Balaban J connectivity index is 2.74. The third-order valence-electron chi connectivity index (χ3n) is 4.10. The van der Waals surface area contributed by atoms with Gasteiger partial charge in [-0.1, -0.05) is 27.7 Å². The second-order valence-electron chi connectivity index (χ2n) is 7.19. The van der Waals surface area contributed by atoms with Crippen LogP contribution in [0.25, 0.3) is 0 Å². The molecule has 0 aromatic carbocycles. The number of carboxylic acids is 1. The highest BCUT2D eigenvalue weighted by atomic mass is 16.4. The van der Waals surface area contributed by atoms with Crippen LogP contribution in [-0.4, -0.2) is 58.5 Å². The molecule has 0 spiro atoms. The van der Waals surface area contributed by atoms with Crippen molar-refractivity contribution in [1.29, 1.82) is 0 Å². The van der Waals surface area contributed by atoms with E-state index >= 15 is 0 Å². The lowest BCUT2D eigenvalue weighted by atomic mass is 9.99. The molecule has 0 radical (unpaired) electrons. The smallest absolute Gasteiger partial charge is 0.323 e. The van der Waals surface area contributed by atoms with Gasteiger partial charge in [-0.25, -0.2) is 0 Å². The van der Waals surface area contributed by atoms with Crippen molar-refractivity contribution in [3.8, 4) is 0 Å². The Hall–Kier alpha value is -1.10. The molecule has 1 aliphatic rings. The molecular formula is C16H30N2O3. The van der Waals surface area contributed by atoms with E-state index in [4.69, 9.17) is 0 Å². The number of carbonyl (C=O) groups is 2. The lowest BCUT2D eigenvalue weighted by Crippen LogP contribution is -2.52. The molecule has 1 heterocycles. The summed E-state index contributed by atoms with van der Waals surface area (Å²) in [6, 6.07) is 0. The average molecular weight is 298 g/mol. The first-order chi connectivity index (χ1) is 9.66. The van der Waals surface area contributed by atoms with Gasteiger partial charge in [0.2, 0.25) is 5.91 Å². The van der Waals surface area contributed by atoms with Crippen molar-refractivity contribution in [3.63, 3.8) is 0 Å². The summed E-state index contributed by atoms with van der Waals surface area (Å²) in [7, 11) is 0. The van der Waals surface area contributed by atoms with Gasteiger partial charge in [0, 0.05) is 13.1 Å². The van der Waals surface area contributed by atoms with E-state index in [2.05, 4.69) is 27.7 Å². The molecule has 1 rings (SSSR count). The zero-order chi connectivity index (χ0) is 16.2. The highest BCUT2D eigenvalue weighted by Crippen LogP contribution is 2.29. The molecule has 1 fully saturated rings. The van der Waals surface area contributed by atoms with Gasteiger partial charge in [-0.05, 0) is 38.1 Å². The van der Waals surface area contributed by atoms with E-state index in [0.29, 0.717) is 24.8 Å². The fourth-order valence-corrected chi connectivity index (χ4v) is 2.94. The average Bonchev–Trinajstić information content (AvgIpc) is 2.70. The fraction of sp³-hybridized carbons (Fsp3) is 0.875. The molecular weight excluding hydrogens is 268 g/mol. The Labute approximate surface area is 128 Å². The van der Waals surface area contributed by atoms with Gasteiger partial charge in [0.1, 0.15) is 5.54 Å². The number of carbonyl (C=O) groups excluding carboxylic acids is 1. The van der Waals surface area contributed by atoms with Crippen LogP contribution in [-0.2, 0) is 9.59 Å². The molecule has 122 valence electrons. The molecule has 5 nitrogen and oxygen atoms in total. The van der Waals surface area contributed by atoms with E-state index < -0.39 is 11.5 Å². The predicted octanol–water partition coefficient (Wildman–Crippen LogP) is 2.07. The Morgan fingerprint density at radius 1 is 1.19 bits per heavy atom. The quantitative estimate of drug-likeness (QED) is 0.781. The number of hydrogen-bond donors (Lipinski definition) is 1. The van der Waals surface area contributed by atoms with E-state index in [0.717, 1.165) is 19.5 Å². The molecule has 1 N–H and O–H groups in total. The largest absolute Gasteiger partial charge is 0.480 e. The third kappa shape index (κ3) is 4.70. The molecule has 0 aromatic heterocycles. The summed E-state index contributed by atoms with van der Waals surface area (Å²) in [6.45, 7) is 12.5. The normalized spacial score (nSPS) is 23.0. The van der Waals surface area contributed by atoms with Crippen LogP contribution in [0.5, 0.6) is 0 Å². The third-order valence-corrected chi connectivity index (χ3v) is 4.10. The topological polar surface area (TPSA) is 60.9 Å². The summed E-state index contributed by atoms with van der Waals surface area (Å²) in [5.74, 6) is 0.0492. The van der Waals surface area contributed by atoms with Crippen LogP contribution < -0.4 is 0 Å². The Morgan fingerprint density at radius 2 is 1.71 bits per heavy atom. The number of likely N-dealkylation sites (tertiary alicyclic amines) is 1. The molecule has 5 heteroatoms. The lowest BCUT2D eigenvalue weighted by molar-refractivity contribution is -0.150. The van der Waals surface area contributed by atoms with Crippen molar-refractivity contribution in [3.05, 3.63) is 0 Å². The van der Waals surface area contributed by atoms with Crippen LogP contribution in [0, 0.1) is 11.8 Å². The molecule has 1 saturated heterocycles. The number of nitrogens with zero attached hydrogens (tertiary/aromatic N) is 2. The van der Waals surface area contributed by atoms with Crippen molar-refractivity contribution >= 4 is 11.9 Å². The Morgan fingerprint density at radius 3 is 2.14 bits per heavy atom. The highest BCUT2D eigenvalue weighted by molar-refractivity contribution is 5.82. The molecule has 0 saturated carbocycles. The van der Waals surface area contributed by atoms with Gasteiger partial charge in [-0.3, -0.25) is 14.5 Å². The fourth-order valence-electron chi connectivity index (χ4n) is 2.94. The maximum atomic E-state index is 12.6. The van der Waals surface area contributed by atoms with E-state index in [1.807, 2.05) is 9.80 Å². The highest BCUT2D eigenvalue weighted by Gasteiger charge is 2.44. The summed E-state index contributed by atoms with van der Waals surface area (Å²) in [5, 5.41) is 9.42. The summed E-state index contributed by atoms with van der Waals surface area (Å²) in [6.07, 6.45) is 1.45. The van der Waals surface area contributed by atoms with Crippen molar-refractivity contribution in [2.75, 3.05) is 26.2 Å². The Kier molecular flexibility index (Phi) is 6.20. The number of aliphatic carboxylic acids is 1. The molecule has 21 heavy (non-hydrogen) atoms. The summed E-state index contributed by atoms with van der Waals surface area (Å²) >= 11 is 0. The molecule has 1 aliphatic heterocycles. The van der Waals surface area contributed by atoms with Gasteiger partial charge in [0.15, 0.2) is 0 Å². The maximum absolute atomic E-state index is 12.6. The first-order valence-electron chi connectivity index (χ1n) is 7.93. The number of hydrogen-bond acceptors (Lipinski definition) is 3. The van der Waals surface area contributed by atoms with Crippen molar-refractivity contribution in [2.45, 2.75) is 53.0 Å². The van der Waals surface area contributed by atoms with Crippen molar-refractivity contribution < 1.29 is 14.7 Å². The predicted molar refractivity (Wildman–Crippen MR) is 83.1 cm³/mol. The van der Waals surface area contributed by atoms with E-state index in [-0.39, 0.29) is 12.5 Å². The summed E-state index contributed by atoms with van der Waals surface area (Å²) in [4.78, 5) is 27.8. The van der Waals surface area contributed by atoms with Gasteiger partial charge < -0.3 is 10.0 Å². The first-order valence-corrected chi connectivity index (χ1v) is 7.93. The summed E-state index contributed by atoms with van der Waals surface area (Å²) in [5.41, 5.74) is -0.892. The number of rotatable bonds is 7. The van der Waals surface area contributed by atoms with Crippen LogP contribution in [0.1, 0.15) is 47.5 Å². The van der Waals surface area contributed by atoms with Crippen LogP contribution in [0.15, 0.2) is 0 Å². The van der Waals surface area contributed by atoms with E-state index in [1.54, 1.807) is 6.92 Å². The van der Waals surface area contributed by atoms with Crippen LogP contribution in [0.3, 0.4) is 0 Å². The van der Waals surface area contributed by atoms with E-state index in [9.17, 15) is 14.7 Å². The molecule has 1 amide bonds. The Bertz CT molecular complexity index is 372. The van der Waals surface area contributed by atoms with Gasteiger partial charge in [0.05, 0.1) is 6.54 Å². The molecule has 0 aliphatic carbocycles. The molecule has 0 bridgehead atoms. The standard InChI is InChI=1S/C16H30N2O3/c1-12(2)9-17(10-13(3)4)14(19)11-18-8-6-7-16(18,5)15(20)21/h12-13H,6-11H2,1-5H3,(H,20,21). The minimum atomic E-state index is -0.892. The second kappa shape index (κ2) is 7.25. The second-order valence-corrected chi connectivity index (χ2v) is 7.19. The number of carboxylic acid groups (broad SMARTS) is 1. The zero-order valence-corrected chi connectivity index (χ0v) is 14.1. The van der Waals surface area contributed by atoms with Gasteiger partial charge >= 0.3 is 5.97 Å². The van der Waals surface area contributed by atoms with Crippen molar-refractivity contribution in [2.24, 2.45) is 11.8 Å². The van der Waals surface area contributed by atoms with Crippen LogP contribution >= 0.6 is 0 Å². The minimum absolute atomic E-state index is 0.0479.